The minimum Gasteiger partial charge on any atom is -0.490 e. The third kappa shape index (κ3) is 13.6. The maximum absolute atomic E-state index is 13.7. The summed E-state index contributed by atoms with van der Waals surface area (Å²) in [6, 6.07) is 16.4. The summed E-state index contributed by atoms with van der Waals surface area (Å²) < 4.78 is 44.0. The van der Waals surface area contributed by atoms with Crippen molar-refractivity contribution in [2.75, 3.05) is 24.7 Å². The van der Waals surface area contributed by atoms with Crippen LogP contribution < -0.4 is 14.8 Å². The van der Waals surface area contributed by atoms with Crippen molar-refractivity contribution >= 4 is 42.1 Å². The van der Waals surface area contributed by atoms with E-state index in [-0.39, 0.29) is 34.9 Å². The number of sulfonamides is 1. The Morgan fingerprint density at radius 3 is 2.06 bits per heavy atom. The number of amides is 3. The van der Waals surface area contributed by atoms with E-state index in [0.29, 0.717) is 18.8 Å². The first-order valence-electron chi connectivity index (χ1n) is 17.6. The number of hydrogen-bond donors (Lipinski definition) is 2. The van der Waals surface area contributed by atoms with Crippen molar-refractivity contribution in [1.29, 1.82) is 0 Å². The molecular weight excluding hydrogens is 713 g/mol. The van der Waals surface area contributed by atoms with Crippen LogP contribution in [0.15, 0.2) is 60.8 Å². The van der Waals surface area contributed by atoms with Crippen LogP contribution in [0.1, 0.15) is 89.9 Å². The molecule has 12 nitrogen and oxygen atoms in total. The van der Waals surface area contributed by atoms with Gasteiger partial charge in [0.15, 0.2) is 8.32 Å². The fraction of sp³-hybridized carbons (Fsp3) is 0.487. The van der Waals surface area contributed by atoms with Crippen LogP contribution >= 0.6 is 0 Å². The summed E-state index contributed by atoms with van der Waals surface area (Å²) in [4.78, 5) is 44.1. The van der Waals surface area contributed by atoms with Gasteiger partial charge in [-0.25, -0.2) is 22.9 Å². The van der Waals surface area contributed by atoms with Crippen molar-refractivity contribution in [1.82, 2.24) is 14.6 Å². The van der Waals surface area contributed by atoms with Gasteiger partial charge in [0.1, 0.15) is 17.2 Å². The van der Waals surface area contributed by atoms with Crippen LogP contribution in [-0.2, 0) is 30.4 Å². The van der Waals surface area contributed by atoms with E-state index < -0.39 is 42.0 Å². The molecule has 0 aliphatic heterocycles. The normalized spacial score (nSPS) is 12.9. The molecule has 0 aliphatic rings. The van der Waals surface area contributed by atoms with Gasteiger partial charge in [-0.2, -0.15) is 0 Å². The van der Waals surface area contributed by atoms with Gasteiger partial charge in [0.05, 0.1) is 30.6 Å². The molecule has 1 atom stereocenters. The van der Waals surface area contributed by atoms with Crippen molar-refractivity contribution in [2.24, 2.45) is 0 Å². The lowest BCUT2D eigenvalue weighted by molar-refractivity contribution is -0.114. The largest absolute Gasteiger partial charge is 0.490 e. The van der Waals surface area contributed by atoms with Gasteiger partial charge in [0.25, 0.3) is 5.91 Å². The van der Waals surface area contributed by atoms with Crippen molar-refractivity contribution in [3.8, 4) is 16.9 Å². The zero-order chi connectivity index (χ0) is 39.9. The number of rotatable bonds is 14. The van der Waals surface area contributed by atoms with Crippen molar-refractivity contribution in [3.05, 3.63) is 77.5 Å². The zero-order valence-corrected chi connectivity index (χ0v) is 34.9. The van der Waals surface area contributed by atoms with Gasteiger partial charge in [0.2, 0.25) is 15.9 Å². The molecule has 3 rings (SSSR count). The Morgan fingerprint density at radius 2 is 1.55 bits per heavy atom. The van der Waals surface area contributed by atoms with Crippen LogP contribution in [0.5, 0.6) is 5.75 Å². The standard InChI is InChI=1S/C39H56N4O8SSi/c1-26(2)49-33-23-30(17-19-32(33)36(45)42-52(10,47)48)29-15-13-28(14-16-29)21-22-43(37(46)50-38(4,5)6)25-34(51-53(11,12)39(7,8)9)31-18-20-35(40-24-31)41-27(3)44/h13-20,23-24,26,34H,21-22,25H2,1-12H3,(H,42,45)(H,40,41,44)/t34-/m0/s1. The molecule has 0 saturated carbocycles. The molecule has 1 aromatic heterocycles. The summed E-state index contributed by atoms with van der Waals surface area (Å²) in [5.74, 6) is -0.293. The van der Waals surface area contributed by atoms with E-state index in [1.165, 1.54) is 6.92 Å². The first-order valence-corrected chi connectivity index (χ1v) is 22.4. The molecule has 290 valence electrons. The second kappa shape index (κ2) is 17.2. The second-order valence-corrected chi connectivity index (χ2v) is 22.5. The van der Waals surface area contributed by atoms with E-state index in [1.807, 2.05) is 69.7 Å². The lowest BCUT2D eigenvalue weighted by atomic mass is 10.0. The minimum atomic E-state index is -3.76. The SMILES string of the molecule is CC(=O)Nc1ccc([C@H](CN(CCc2ccc(-c3ccc(C(=O)NS(C)(=O)=O)c(OC(C)C)c3)cc2)C(=O)OC(C)(C)C)O[Si](C)(C)C(C)(C)C)cn1. The Hall–Kier alpha value is -4.27. The number of nitrogens with one attached hydrogen (secondary N) is 2. The van der Waals surface area contributed by atoms with Gasteiger partial charge < -0.3 is 24.1 Å². The molecule has 3 aromatic rings. The van der Waals surface area contributed by atoms with E-state index in [0.717, 1.165) is 28.5 Å². The molecule has 0 aliphatic carbocycles. The summed E-state index contributed by atoms with van der Waals surface area (Å²) in [5, 5.41) is 2.60. The molecule has 53 heavy (non-hydrogen) atoms. The average molecular weight is 769 g/mol. The van der Waals surface area contributed by atoms with Crippen LogP contribution in [0.3, 0.4) is 0 Å². The third-order valence-electron chi connectivity index (χ3n) is 8.57. The monoisotopic (exact) mass is 768 g/mol. The fourth-order valence-electron chi connectivity index (χ4n) is 4.97. The number of benzene rings is 2. The molecule has 3 amide bonds. The number of pyridine rings is 1. The lowest BCUT2D eigenvalue weighted by Gasteiger charge is -2.40. The van der Waals surface area contributed by atoms with Crippen molar-refractivity contribution in [3.63, 3.8) is 0 Å². The molecule has 1 heterocycles. The van der Waals surface area contributed by atoms with E-state index in [2.05, 4.69) is 44.2 Å². The lowest BCUT2D eigenvalue weighted by Crippen LogP contribution is -2.46. The molecule has 0 fully saturated rings. The molecule has 2 aromatic carbocycles. The number of anilines is 1. The quantitative estimate of drug-likeness (QED) is 0.157. The number of carbonyl (C=O) groups is 3. The van der Waals surface area contributed by atoms with Gasteiger partial charge in [-0.3, -0.25) is 9.59 Å². The third-order valence-corrected chi connectivity index (χ3v) is 13.6. The molecule has 2 N–H and O–H groups in total. The minimum absolute atomic E-state index is 0.0993. The number of carbonyl (C=O) groups excluding carboxylic acids is 3. The molecule has 0 bridgehead atoms. The molecular formula is C39H56N4O8SSi. The molecule has 0 saturated heterocycles. The predicted octanol–water partition coefficient (Wildman–Crippen LogP) is 7.73. The first kappa shape index (κ1) is 43.1. The molecule has 14 heteroatoms. The first-order chi connectivity index (χ1) is 24.3. The summed E-state index contributed by atoms with van der Waals surface area (Å²) in [7, 11) is -6.09. The van der Waals surface area contributed by atoms with Crippen LogP contribution in [0.4, 0.5) is 10.6 Å². The molecule has 0 spiro atoms. The Kier molecular flexibility index (Phi) is 14.0. The molecule has 0 unspecified atom stereocenters. The maximum Gasteiger partial charge on any atom is 0.410 e. The van der Waals surface area contributed by atoms with Gasteiger partial charge in [-0.15, -0.1) is 0 Å². The highest BCUT2D eigenvalue weighted by atomic mass is 32.2. The fourth-order valence-corrected chi connectivity index (χ4v) is 6.69. The van der Waals surface area contributed by atoms with Crippen LogP contribution in [0, 0.1) is 0 Å². The van der Waals surface area contributed by atoms with Crippen LogP contribution in [0.25, 0.3) is 11.1 Å². The second-order valence-electron chi connectivity index (χ2n) is 16.0. The topological polar surface area (TPSA) is 153 Å². The van der Waals surface area contributed by atoms with Gasteiger partial charge in [-0.1, -0.05) is 57.2 Å². The Bertz CT molecular complexity index is 1850. The summed E-state index contributed by atoms with van der Waals surface area (Å²) >= 11 is 0. The highest BCUT2D eigenvalue weighted by Crippen LogP contribution is 2.40. The summed E-state index contributed by atoms with van der Waals surface area (Å²) in [6.45, 7) is 21.9. The zero-order valence-electron chi connectivity index (χ0n) is 33.1. The number of aromatic nitrogens is 1. The van der Waals surface area contributed by atoms with Crippen LogP contribution in [0.2, 0.25) is 18.1 Å². The smallest absolute Gasteiger partial charge is 0.410 e. The van der Waals surface area contributed by atoms with E-state index >= 15 is 0 Å². The van der Waals surface area contributed by atoms with Crippen molar-refractivity contribution < 1.29 is 36.7 Å². The highest BCUT2D eigenvalue weighted by molar-refractivity contribution is 7.89. The van der Waals surface area contributed by atoms with Gasteiger partial charge in [0, 0.05) is 19.7 Å². The summed E-state index contributed by atoms with van der Waals surface area (Å²) in [5.41, 5.74) is 2.80. The van der Waals surface area contributed by atoms with Crippen LogP contribution in [-0.4, -0.2) is 75.6 Å². The predicted molar refractivity (Wildman–Crippen MR) is 211 cm³/mol. The number of nitrogens with zero attached hydrogens (tertiary/aromatic N) is 2. The molecule has 0 radical (unpaired) electrons. The summed E-state index contributed by atoms with van der Waals surface area (Å²) in [6.07, 6.45) is 1.91. The van der Waals surface area contributed by atoms with Gasteiger partial charge >= 0.3 is 6.09 Å². The average Bonchev–Trinajstić information content (AvgIpc) is 3.00. The van der Waals surface area contributed by atoms with E-state index in [1.54, 1.807) is 35.4 Å². The van der Waals surface area contributed by atoms with Gasteiger partial charge in [-0.05, 0) is 99.6 Å². The highest BCUT2D eigenvalue weighted by Gasteiger charge is 2.40. The number of ether oxygens (including phenoxy) is 2. The van der Waals surface area contributed by atoms with Crippen molar-refractivity contribution in [2.45, 2.75) is 105 Å². The maximum atomic E-state index is 13.7. The number of hydrogen-bond acceptors (Lipinski definition) is 9. The Labute approximate surface area is 316 Å². The Balaban J connectivity index is 1.91. The van der Waals surface area contributed by atoms with E-state index in [9.17, 15) is 22.8 Å². The van der Waals surface area contributed by atoms with E-state index in [4.69, 9.17) is 13.9 Å². The Morgan fingerprint density at radius 1 is 0.925 bits per heavy atom.